The van der Waals surface area contributed by atoms with E-state index in [0.29, 0.717) is 50.7 Å². The van der Waals surface area contributed by atoms with E-state index in [1.807, 2.05) is 6.07 Å². The Morgan fingerprint density at radius 1 is 0.944 bits per heavy atom. The predicted octanol–water partition coefficient (Wildman–Crippen LogP) is 6.92. The molecule has 2 saturated heterocycles. The Balaban J connectivity index is 1.31. The van der Waals surface area contributed by atoms with Crippen molar-refractivity contribution < 1.29 is 29.0 Å². The van der Waals surface area contributed by atoms with Gasteiger partial charge >= 0.3 is 10.2 Å². The lowest BCUT2D eigenvalue weighted by molar-refractivity contribution is 0.0760. The zero-order chi connectivity index (χ0) is 25.6. The van der Waals surface area contributed by atoms with Gasteiger partial charge in [-0.15, -0.1) is 0 Å². The molecule has 5 rings (SSSR count). The molecule has 2 fully saturated rings. The number of benzene rings is 1. The quantitative estimate of drug-likeness (QED) is 0.372. The number of rotatable bonds is 4. The molecule has 196 valence electrons. The van der Waals surface area contributed by atoms with Crippen molar-refractivity contribution in [3.63, 3.8) is 0 Å². The second kappa shape index (κ2) is 8.41. The minimum Gasteiger partial charge on any atom is -0.381 e. The molecule has 0 aliphatic carbocycles. The lowest BCUT2D eigenvalue weighted by atomic mass is 9.92. The van der Waals surface area contributed by atoms with Crippen LogP contribution in [0.4, 0.5) is 19.4 Å². The van der Waals surface area contributed by atoms with Gasteiger partial charge in [0.1, 0.15) is 10.7 Å². The first-order valence-corrected chi connectivity index (χ1v) is 13.9. The molecule has 0 saturated carbocycles. The van der Waals surface area contributed by atoms with Crippen LogP contribution >= 0.6 is 10.2 Å². The molecule has 2 aliphatic rings. The van der Waals surface area contributed by atoms with Crippen molar-refractivity contribution in [2.75, 3.05) is 26.3 Å². The Morgan fingerprint density at radius 3 is 2.36 bits per heavy atom. The molecule has 0 bridgehead atoms. The Bertz CT molecular complexity index is 1270. The van der Waals surface area contributed by atoms with E-state index in [1.165, 1.54) is 0 Å². The fourth-order valence-electron chi connectivity index (χ4n) is 5.10. The van der Waals surface area contributed by atoms with Gasteiger partial charge in [-0.1, -0.05) is 19.4 Å². The second-order valence-corrected chi connectivity index (χ2v) is 11.9. The number of carbonyl (C=O) groups is 1. The van der Waals surface area contributed by atoms with Gasteiger partial charge in [-0.25, -0.2) is 9.97 Å². The van der Waals surface area contributed by atoms with Crippen LogP contribution in [0.1, 0.15) is 65.7 Å². The van der Waals surface area contributed by atoms with Gasteiger partial charge in [0.25, 0.3) is 5.91 Å². The van der Waals surface area contributed by atoms with Gasteiger partial charge in [0.2, 0.25) is 0 Å². The van der Waals surface area contributed by atoms with Crippen LogP contribution in [0.15, 0.2) is 41.4 Å². The molecule has 6 nitrogen and oxygen atoms in total. The first kappa shape index (κ1) is 24.9. The Labute approximate surface area is 205 Å². The summed E-state index contributed by atoms with van der Waals surface area (Å²) in [4.78, 5) is 25.1. The fourth-order valence-corrected chi connectivity index (χ4v) is 5.75. The van der Waals surface area contributed by atoms with Crippen LogP contribution in [0.25, 0.3) is 11.2 Å². The van der Waals surface area contributed by atoms with E-state index in [2.05, 4.69) is 9.97 Å². The number of aromatic nitrogens is 3. The molecular formula is C24H27F5N4O2S. The van der Waals surface area contributed by atoms with Crippen molar-refractivity contribution in [1.29, 1.82) is 0 Å². The molecule has 36 heavy (non-hydrogen) atoms. The van der Waals surface area contributed by atoms with Crippen molar-refractivity contribution in [2.45, 2.75) is 48.8 Å². The number of amides is 1. The summed E-state index contributed by atoms with van der Waals surface area (Å²) in [6, 6.07) is 4.20. The number of imidazole rings is 1. The SMILES string of the molecule is O=C(c1ccc(S(F)(F)(F)(F)F)cc1)N1CCC[C@@H](c2ccnc3nc(C4CCOCC4)[nH]c23)CC1. The maximum Gasteiger partial charge on any atom is 0.310 e. The molecule has 2 aliphatic heterocycles. The summed E-state index contributed by atoms with van der Waals surface area (Å²) >= 11 is 0. The highest BCUT2D eigenvalue weighted by Crippen LogP contribution is 3.02. The lowest BCUT2D eigenvalue weighted by Crippen LogP contribution is -2.32. The highest BCUT2D eigenvalue weighted by molar-refractivity contribution is 8.45. The summed E-state index contributed by atoms with van der Waals surface area (Å²) in [6.45, 7) is 2.25. The fraction of sp³-hybridized carbons (Fsp3) is 0.458. The lowest BCUT2D eigenvalue weighted by Gasteiger charge is -2.40. The zero-order valence-electron chi connectivity index (χ0n) is 19.4. The van der Waals surface area contributed by atoms with Gasteiger partial charge in [0, 0.05) is 44.0 Å². The first-order valence-electron chi connectivity index (χ1n) is 11.9. The average Bonchev–Trinajstić information content (AvgIpc) is 3.13. The molecule has 3 aromatic rings. The molecule has 4 heterocycles. The molecule has 1 amide bonds. The number of carbonyl (C=O) groups excluding carboxylic acids is 1. The Hall–Kier alpha value is -2.73. The van der Waals surface area contributed by atoms with Gasteiger partial charge in [0.05, 0.1) is 5.52 Å². The number of ether oxygens (including phenoxy) is 1. The molecule has 0 unspecified atom stereocenters. The minimum absolute atomic E-state index is 0.0416. The molecule has 0 spiro atoms. The monoisotopic (exact) mass is 530 g/mol. The third-order valence-electron chi connectivity index (χ3n) is 7.05. The first-order chi connectivity index (χ1) is 16.9. The molecule has 2 aromatic heterocycles. The molecule has 12 heteroatoms. The number of halogens is 5. The Morgan fingerprint density at radius 2 is 1.67 bits per heavy atom. The van der Waals surface area contributed by atoms with Gasteiger partial charge in [-0.3, -0.25) is 4.79 Å². The number of H-pyrrole nitrogens is 1. The van der Waals surface area contributed by atoms with Crippen LogP contribution in [0.2, 0.25) is 0 Å². The van der Waals surface area contributed by atoms with E-state index in [9.17, 15) is 24.2 Å². The smallest absolute Gasteiger partial charge is 0.310 e. The van der Waals surface area contributed by atoms with Crippen LogP contribution in [0, 0.1) is 0 Å². The van der Waals surface area contributed by atoms with E-state index in [-0.39, 0.29) is 23.6 Å². The minimum atomic E-state index is -9.77. The Kier molecular flexibility index (Phi) is 5.82. The van der Waals surface area contributed by atoms with Crippen molar-refractivity contribution in [3.8, 4) is 0 Å². The topological polar surface area (TPSA) is 71.1 Å². The third-order valence-corrected chi connectivity index (χ3v) is 8.22. The van der Waals surface area contributed by atoms with Crippen molar-refractivity contribution in [2.24, 2.45) is 0 Å². The van der Waals surface area contributed by atoms with Crippen LogP contribution < -0.4 is 0 Å². The highest BCUT2D eigenvalue weighted by Gasteiger charge is 2.65. The largest absolute Gasteiger partial charge is 0.381 e. The number of hydrogen-bond acceptors (Lipinski definition) is 4. The van der Waals surface area contributed by atoms with E-state index in [0.717, 1.165) is 48.3 Å². The number of nitrogens with zero attached hydrogens (tertiary/aromatic N) is 3. The highest BCUT2D eigenvalue weighted by atomic mass is 32.5. The van der Waals surface area contributed by atoms with Crippen LogP contribution in [0.5, 0.6) is 0 Å². The van der Waals surface area contributed by atoms with Gasteiger partial charge in [-0.05, 0) is 73.9 Å². The summed E-state index contributed by atoms with van der Waals surface area (Å²) in [5.41, 5.74) is 2.60. The van der Waals surface area contributed by atoms with Crippen molar-refractivity contribution >= 4 is 27.3 Å². The van der Waals surface area contributed by atoms with Gasteiger partial charge < -0.3 is 14.6 Å². The molecule has 1 aromatic carbocycles. The average molecular weight is 531 g/mol. The number of hydrogen-bond donors (Lipinski definition) is 1. The maximum atomic E-state index is 13.0. The molecule has 0 radical (unpaired) electrons. The van der Waals surface area contributed by atoms with E-state index >= 15 is 0 Å². The summed E-state index contributed by atoms with van der Waals surface area (Å²) < 4.78 is 70.4. The third kappa shape index (κ3) is 5.19. The van der Waals surface area contributed by atoms with E-state index in [1.54, 1.807) is 11.1 Å². The zero-order valence-corrected chi connectivity index (χ0v) is 20.3. The summed E-state index contributed by atoms with van der Waals surface area (Å²) in [7, 11) is -9.77. The van der Waals surface area contributed by atoms with Gasteiger partial charge in [-0.2, -0.15) is 0 Å². The summed E-state index contributed by atoms with van der Waals surface area (Å²) in [6.07, 6.45) is 5.71. The number of pyridine rings is 1. The van der Waals surface area contributed by atoms with Crippen LogP contribution in [-0.2, 0) is 4.74 Å². The number of nitrogens with one attached hydrogen (secondary N) is 1. The number of aromatic amines is 1. The summed E-state index contributed by atoms with van der Waals surface area (Å²) in [5.74, 6) is 0.890. The van der Waals surface area contributed by atoms with E-state index in [4.69, 9.17) is 9.72 Å². The maximum absolute atomic E-state index is 13.0. The van der Waals surface area contributed by atoms with Gasteiger partial charge in [0.15, 0.2) is 5.65 Å². The van der Waals surface area contributed by atoms with Crippen LogP contribution in [0.3, 0.4) is 0 Å². The molecular weight excluding hydrogens is 503 g/mol. The standard InChI is InChI=1S/C24H27F5N4O2S/c25-36(26,27,28,29)19-5-3-18(4-6-19)24(34)33-12-1-2-16(8-13-33)20-7-11-30-23-21(20)31-22(32-23)17-9-14-35-15-10-17/h3-7,11,16-17H,1-2,8-10,12-15H2,(H,30,31,32)/t16-/m1/s1. The van der Waals surface area contributed by atoms with Crippen molar-refractivity contribution in [1.82, 2.24) is 19.9 Å². The number of likely N-dealkylation sites (tertiary alicyclic amines) is 1. The van der Waals surface area contributed by atoms with Crippen LogP contribution in [-0.4, -0.2) is 52.1 Å². The summed E-state index contributed by atoms with van der Waals surface area (Å²) in [5, 5.41) is 0. The normalized spacial score (nSPS) is 22.1. The number of fused-ring (bicyclic) bond motifs is 1. The van der Waals surface area contributed by atoms with Crippen molar-refractivity contribution in [3.05, 3.63) is 53.5 Å². The van der Waals surface area contributed by atoms with E-state index < -0.39 is 21.0 Å². The molecule has 1 atom stereocenters. The second-order valence-electron chi connectivity index (χ2n) is 9.52. The predicted molar refractivity (Wildman–Crippen MR) is 127 cm³/mol. The molecule has 1 N–H and O–H groups in total.